The molecule has 0 bridgehead atoms. The Morgan fingerprint density at radius 1 is 0.975 bits per heavy atom. The molecule has 222 valence electrons. The average Bonchev–Trinajstić information content (AvgIpc) is 3.56. The van der Waals surface area contributed by atoms with Crippen LogP contribution >= 0.6 is 0 Å². The summed E-state index contributed by atoms with van der Waals surface area (Å²) in [5.41, 5.74) is 6.33. The third-order valence-corrected chi connectivity index (χ3v) is 7.97. The smallest absolute Gasteiger partial charge is 0.407 e. The number of hydrogen-bond acceptors (Lipinski definition) is 6. The van der Waals surface area contributed by atoms with Crippen molar-refractivity contribution in [2.24, 2.45) is 29.4 Å². The highest BCUT2D eigenvalue weighted by atomic mass is 16.5. The Balaban J connectivity index is 1.56. The van der Waals surface area contributed by atoms with Gasteiger partial charge in [0.2, 0.25) is 11.8 Å². The van der Waals surface area contributed by atoms with E-state index in [1.54, 1.807) is 24.3 Å². The summed E-state index contributed by atoms with van der Waals surface area (Å²) in [5, 5.41) is 19.9. The van der Waals surface area contributed by atoms with Crippen molar-refractivity contribution >= 4 is 29.6 Å². The number of rotatable bonds is 13. The van der Waals surface area contributed by atoms with Gasteiger partial charge in [0.1, 0.15) is 12.1 Å². The first-order chi connectivity index (χ1) is 19.2. The lowest BCUT2D eigenvalue weighted by Gasteiger charge is -2.25. The summed E-state index contributed by atoms with van der Waals surface area (Å²) < 4.78 is 5.54. The fourth-order valence-corrected chi connectivity index (χ4v) is 5.59. The molecule has 0 radical (unpaired) electrons. The maximum absolute atomic E-state index is 13.3. The summed E-state index contributed by atoms with van der Waals surface area (Å²) in [7, 11) is 0. The van der Waals surface area contributed by atoms with E-state index in [0.717, 1.165) is 0 Å². The molecule has 2 aliphatic rings. The van der Waals surface area contributed by atoms with Crippen LogP contribution in [0.4, 0.5) is 15.3 Å². The van der Waals surface area contributed by atoms with Gasteiger partial charge in [0.05, 0.1) is 13.2 Å². The second-order valence-corrected chi connectivity index (χ2v) is 11.3. The lowest BCUT2D eigenvalue weighted by molar-refractivity contribution is -0.128. The van der Waals surface area contributed by atoms with Crippen LogP contribution in [0, 0.1) is 23.7 Å². The van der Waals surface area contributed by atoms with Crippen molar-refractivity contribution in [3.05, 3.63) is 29.8 Å². The third kappa shape index (κ3) is 9.69. The van der Waals surface area contributed by atoms with Crippen LogP contribution in [-0.4, -0.2) is 54.3 Å². The first-order valence-electron chi connectivity index (χ1n) is 14.5. The predicted molar refractivity (Wildman–Crippen MR) is 151 cm³/mol. The van der Waals surface area contributed by atoms with E-state index in [-0.39, 0.29) is 25.5 Å². The standard InChI is InChI=1S/C29H45N5O6/c1-18(2)25(34-29(39)40-17-23-21-8-5-3-4-6-9-22(21)23)27(37)33-24(10-7-15-31-28(30)38)26(36)32-20-13-11-19(16-35)12-14-20/h11-14,18,21-25,35H,3-10,15-17H2,1-2H3,(H,32,36)(H,33,37)(H,34,39)(H3,30,31,38)/t21-,22+,23-,24-,25-/m0/s1. The van der Waals surface area contributed by atoms with Crippen LogP contribution in [-0.2, 0) is 20.9 Å². The number of alkyl carbamates (subject to hydrolysis) is 1. The molecule has 2 fully saturated rings. The number of nitrogens with two attached hydrogens (primary N) is 1. The Morgan fingerprint density at radius 3 is 2.20 bits per heavy atom. The zero-order valence-corrected chi connectivity index (χ0v) is 23.6. The number of aliphatic hydroxyl groups is 1. The summed E-state index contributed by atoms with van der Waals surface area (Å²) in [6, 6.07) is 4.18. The first kappa shape index (κ1) is 31.2. The Bertz CT molecular complexity index is 987. The minimum Gasteiger partial charge on any atom is -0.449 e. The number of benzene rings is 1. The third-order valence-electron chi connectivity index (χ3n) is 7.97. The summed E-state index contributed by atoms with van der Waals surface area (Å²) in [5.74, 6) is 0.482. The monoisotopic (exact) mass is 559 g/mol. The van der Waals surface area contributed by atoms with E-state index in [1.807, 2.05) is 13.8 Å². The van der Waals surface area contributed by atoms with E-state index >= 15 is 0 Å². The number of anilines is 1. The van der Waals surface area contributed by atoms with Gasteiger partial charge in [-0.1, -0.05) is 51.7 Å². The van der Waals surface area contributed by atoms with E-state index in [2.05, 4.69) is 21.3 Å². The van der Waals surface area contributed by atoms with E-state index in [0.29, 0.717) is 42.0 Å². The summed E-state index contributed by atoms with van der Waals surface area (Å²) in [6.45, 7) is 4.10. The normalized spacial score (nSPS) is 21.6. The highest BCUT2D eigenvalue weighted by Gasteiger charge is 2.49. The van der Waals surface area contributed by atoms with Crippen LogP contribution in [0.2, 0.25) is 0 Å². The number of carbonyl (C=O) groups is 4. The van der Waals surface area contributed by atoms with Gasteiger partial charge in [0, 0.05) is 12.2 Å². The Kier molecular flexibility index (Phi) is 12.0. The molecule has 7 N–H and O–H groups in total. The van der Waals surface area contributed by atoms with Crippen molar-refractivity contribution in [2.75, 3.05) is 18.5 Å². The van der Waals surface area contributed by atoms with Crippen LogP contribution in [0.5, 0.6) is 0 Å². The van der Waals surface area contributed by atoms with Crippen molar-refractivity contribution < 1.29 is 29.0 Å². The minimum atomic E-state index is -0.929. The Hall–Kier alpha value is -3.34. The summed E-state index contributed by atoms with van der Waals surface area (Å²) >= 11 is 0. The molecular formula is C29H45N5O6. The molecule has 5 amide bonds. The fraction of sp³-hybridized carbons (Fsp3) is 0.655. The van der Waals surface area contributed by atoms with Crippen LogP contribution in [0.3, 0.4) is 0 Å². The molecule has 0 heterocycles. The SMILES string of the molecule is CC(C)[C@H](NC(=O)OC[C@@H]1[C@@H]2CCCCCC[C@@H]21)C(=O)N[C@@H](CCCNC(N)=O)C(=O)Nc1ccc(CO)cc1. The summed E-state index contributed by atoms with van der Waals surface area (Å²) in [6.07, 6.45) is 7.40. The fourth-order valence-electron chi connectivity index (χ4n) is 5.59. The molecule has 0 aliphatic heterocycles. The van der Waals surface area contributed by atoms with Crippen molar-refractivity contribution in [3.63, 3.8) is 0 Å². The van der Waals surface area contributed by atoms with E-state index in [9.17, 15) is 24.3 Å². The molecule has 0 saturated heterocycles. The van der Waals surface area contributed by atoms with Crippen molar-refractivity contribution in [2.45, 2.75) is 83.9 Å². The second-order valence-electron chi connectivity index (χ2n) is 11.3. The molecular weight excluding hydrogens is 514 g/mol. The van der Waals surface area contributed by atoms with Gasteiger partial charge in [0.15, 0.2) is 0 Å². The van der Waals surface area contributed by atoms with Crippen LogP contribution < -0.4 is 27.0 Å². The lowest BCUT2D eigenvalue weighted by atomic mass is 10.0. The average molecular weight is 560 g/mol. The van der Waals surface area contributed by atoms with Gasteiger partial charge in [0.25, 0.3) is 0 Å². The molecule has 0 unspecified atom stereocenters. The van der Waals surface area contributed by atoms with Crippen molar-refractivity contribution in [3.8, 4) is 0 Å². The summed E-state index contributed by atoms with van der Waals surface area (Å²) in [4.78, 5) is 50.0. The number of ether oxygens (including phenoxy) is 1. The molecule has 40 heavy (non-hydrogen) atoms. The van der Waals surface area contributed by atoms with Crippen molar-refractivity contribution in [1.29, 1.82) is 0 Å². The van der Waals surface area contributed by atoms with Gasteiger partial charge < -0.3 is 36.8 Å². The van der Waals surface area contributed by atoms with Gasteiger partial charge >= 0.3 is 12.1 Å². The maximum Gasteiger partial charge on any atom is 0.407 e. The molecule has 5 atom stereocenters. The topological polar surface area (TPSA) is 172 Å². The predicted octanol–water partition coefficient (Wildman–Crippen LogP) is 3.02. The van der Waals surface area contributed by atoms with Gasteiger partial charge in [-0.25, -0.2) is 9.59 Å². The van der Waals surface area contributed by atoms with Gasteiger partial charge in [-0.3, -0.25) is 9.59 Å². The largest absolute Gasteiger partial charge is 0.449 e. The van der Waals surface area contributed by atoms with Gasteiger partial charge in [-0.2, -0.15) is 0 Å². The number of fused-ring (bicyclic) bond motifs is 1. The number of aliphatic hydroxyl groups excluding tert-OH is 1. The lowest BCUT2D eigenvalue weighted by Crippen LogP contribution is -2.54. The maximum atomic E-state index is 13.3. The Morgan fingerprint density at radius 2 is 1.62 bits per heavy atom. The molecule has 1 aromatic carbocycles. The molecule has 2 aliphatic carbocycles. The van der Waals surface area contributed by atoms with Crippen LogP contribution in [0.25, 0.3) is 0 Å². The zero-order chi connectivity index (χ0) is 29.1. The first-order valence-corrected chi connectivity index (χ1v) is 14.5. The number of carbonyl (C=O) groups excluding carboxylic acids is 4. The second kappa shape index (κ2) is 15.4. The highest BCUT2D eigenvalue weighted by Crippen LogP contribution is 2.53. The van der Waals surface area contributed by atoms with Gasteiger partial charge in [-0.15, -0.1) is 0 Å². The molecule has 2 saturated carbocycles. The molecule has 0 aromatic heterocycles. The number of hydrogen-bond donors (Lipinski definition) is 6. The number of nitrogens with one attached hydrogen (secondary N) is 4. The van der Waals surface area contributed by atoms with E-state index < -0.39 is 36.0 Å². The molecule has 1 aromatic rings. The number of amides is 5. The zero-order valence-electron chi connectivity index (χ0n) is 23.6. The van der Waals surface area contributed by atoms with E-state index in [4.69, 9.17) is 10.5 Å². The van der Waals surface area contributed by atoms with E-state index in [1.165, 1.54) is 38.5 Å². The minimum absolute atomic E-state index is 0.117. The number of urea groups is 1. The number of primary amides is 1. The molecule has 11 heteroatoms. The quantitative estimate of drug-likeness (QED) is 0.203. The molecule has 3 rings (SSSR count). The van der Waals surface area contributed by atoms with Crippen LogP contribution in [0.15, 0.2) is 24.3 Å². The van der Waals surface area contributed by atoms with Crippen molar-refractivity contribution in [1.82, 2.24) is 16.0 Å². The highest BCUT2D eigenvalue weighted by molar-refractivity contribution is 5.98. The molecule has 11 nitrogen and oxygen atoms in total. The Labute approximate surface area is 236 Å². The van der Waals surface area contributed by atoms with Crippen LogP contribution in [0.1, 0.15) is 70.8 Å². The van der Waals surface area contributed by atoms with Gasteiger partial charge in [-0.05, 0) is 67.1 Å². The molecule has 0 spiro atoms.